The van der Waals surface area contributed by atoms with Crippen LogP contribution in [-0.4, -0.2) is 9.04 Å². The monoisotopic (exact) mass is 438 g/mol. The summed E-state index contributed by atoms with van der Waals surface area (Å²) in [5.41, 5.74) is 2.53. The lowest BCUT2D eigenvalue weighted by Gasteiger charge is -2.35. The summed E-state index contributed by atoms with van der Waals surface area (Å²) in [7, 11) is -1.82. The smallest absolute Gasteiger partial charge is 0.240 e. The molecule has 3 aromatic rings. The van der Waals surface area contributed by atoms with Crippen LogP contribution in [-0.2, 0) is 4.43 Å². The van der Waals surface area contributed by atoms with Crippen molar-refractivity contribution in [1.82, 2.24) is 0 Å². The molecule has 3 heteroatoms. The van der Waals surface area contributed by atoms with Crippen molar-refractivity contribution in [3.05, 3.63) is 94.5 Å². The summed E-state index contributed by atoms with van der Waals surface area (Å²) in [5.74, 6) is 0. The third kappa shape index (κ3) is 4.98. The average Bonchev–Trinajstić information content (AvgIpc) is 2.64. The fourth-order valence-electron chi connectivity index (χ4n) is 3.42. The molecule has 0 saturated heterocycles. The van der Waals surface area contributed by atoms with Crippen LogP contribution in [0.15, 0.2) is 83.3 Å². The lowest BCUT2D eigenvalue weighted by molar-refractivity contribution is 0.0891. The van der Waals surface area contributed by atoms with Crippen LogP contribution < -0.4 is 10.4 Å². The topological polar surface area (TPSA) is 9.23 Å². The molecule has 0 saturated carbocycles. The normalized spacial score (nSPS) is 13.0. The molecule has 0 spiro atoms. The van der Waals surface area contributed by atoms with Crippen molar-refractivity contribution >= 4 is 35.3 Å². The van der Waals surface area contributed by atoms with Crippen molar-refractivity contribution in [3.63, 3.8) is 0 Å². The molecular weight excluding hydrogens is 412 g/mol. The van der Waals surface area contributed by atoms with E-state index in [1.165, 1.54) is 21.5 Å². The van der Waals surface area contributed by atoms with Crippen molar-refractivity contribution in [1.29, 1.82) is 0 Å². The first-order chi connectivity index (χ1) is 12.9. The minimum atomic E-state index is -1.82. The third-order valence-electron chi connectivity index (χ3n) is 4.78. The molecule has 3 aromatic carbocycles. The molecule has 140 valence electrons. The van der Waals surface area contributed by atoms with Gasteiger partial charge in [0.1, 0.15) is 0 Å². The Morgan fingerprint density at radius 2 is 1.33 bits per heavy atom. The molecule has 0 bridgehead atoms. The van der Waals surface area contributed by atoms with Crippen LogP contribution in [0.2, 0.25) is 0 Å². The third-order valence-corrected chi connectivity index (χ3v) is 7.80. The van der Waals surface area contributed by atoms with Crippen LogP contribution in [0.3, 0.4) is 0 Å². The average molecular weight is 439 g/mol. The Labute approximate surface area is 173 Å². The number of halogens is 1. The highest BCUT2D eigenvalue weighted by atomic mass is 79.9. The maximum atomic E-state index is 7.02. The van der Waals surface area contributed by atoms with E-state index in [9.17, 15) is 0 Å². The molecule has 0 aliphatic carbocycles. The second kappa shape index (κ2) is 8.55. The van der Waals surface area contributed by atoms with E-state index in [0.29, 0.717) is 0 Å². The lowest BCUT2D eigenvalue weighted by Crippen LogP contribution is -2.47. The van der Waals surface area contributed by atoms with E-state index in [4.69, 9.17) is 4.43 Å². The Kier molecular flexibility index (Phi) is 6.35. The Balaban J connectivity index is 2.05. The second-order valence-corrected chi connectivity index (χ2v) is 11.4. The van der Waals surface area contributed by atoms with Gasteiger partial charge in [0.25, 0.3) is 0 Å². The molecule has 0 aliphatic rings. The molecule has 0 fully saturated rings. The van der Waals surface area contributed by atoms with Crippen molar-refractivity contribution in [2.45, 2.75) is 33.8 Å². The van der Waals surface area contributed by atoms with E-state index in [1.807, 2.05) is 0 Å². The highest BCUT2D eigenvalue weighted by Gasteiger charge is 2.32. The van der Waals surface area contributed by atoms with E-state index in [1.54, 1.807) is 0 Å². The van der Waals surface area contributed by atoms with Gasteiger partial charge in [-0.2, -0.15) is 0 Å². The first-order valence-corrected chi connectivity index (χ1v) is 11.8. The predicted octanol–water partition coefficient (Wildman–Crippen LogP) is 5.40. The van der Waals surface area contributed by atoms with E-state index >= 15 is 0 Å². The van der Waals surface area contributed by atoms with Gasteiger partial charge < -0.3 is 4.43 Å². The van der Waals surface area contributed by atoms with E-state index < -0.39 is 9.04 Å². The largest absolute Gasteiger partial charge is 0.403 e. The minimum Gasteiger partial charge on any atom is -0.403 e. The summed E-state index contributed by atoms with van der Waals surface area (Å²) in [6, 6.07) is 27.9. The molecule has 0 aliphatic heterocycles. The van der Waals surface area contributed by atoms with Crippen LogP contribution in [0.5, 0.6) is 0 Å². The molecule has 0 radical (unpaired) electrons. The molecular formula is C24H27BrOSi. The number of rotatable bonds is 5. The van der Waals surface area contributed by atoms with Gasteiger partial charge in [-0.15, -0.1) is 0 Å². The zero-order valence-corrected chi connectivity index (χ0v) is 19.2. The summed E-state index contributed by atoms with van der Waals surface area (Å²) in [6.07, 6.45) is 0.0303. The standard InChI is InChI=1S/C24H27BrOSi/c1-18-17-19(25)15-16-22(18)23(24(2,3)4)26-27(20-11-7-5-8-12-20)21-13-9-6-10-14-21/h5-17,23,27H,1-4H3. The molecule has 3 rings (SSSR count). The van der Waals surface area contributed by atoms with Gasteiger partial charge in [0.15, 0.2) is 0 Å². The van der Waals surface area contributed by atoms with Gasteiger partial charge in [0.2, 0.25) is 9.04 Å². The van der Waals surface area contributed by atoms with E-state index in [2.05, 4.69) is 122 Å². The summed E-state index contributed by atoms with van der Waals surface area (Å²) < 4.78 is 8.13. The number of aryl methyl sites for hydroxylation is 1. The summed E-state index contributed by atoms with van der Waals surface area (Å²) in [4.78, 5) is 0. The van der Waals surface area contributed by atoms with Crippen LogP contribution in [0.25, 0.3) is 0 Å². The molecule has 1 unspecified atom stereocenters. The van der Waals surface area contributed by atoms with Crippen molar-refractivity contribution in [3.8, 4) is 0 Å². The zero-order valence-electron chi connectivity index (χ0n) is 16.4. The zero-order chi connectivity index (χ0) is 19.4. The van der Waals surface area contributed by atoms with Crippen molar-refractivity contribution in [2.75, 3.05) is 0 Å². The van der Waals surface area contributed by atoms with E-state index in [-0.39, 0.29) is 11.5 Å². The van der Waals surface area contributed by atoms with Gasteiger partial charge in [0.05, 0.1) is 6.10 Å². The first-order valence-electron chi connectivity index (χ1n) is 9.37. The Hall–Kier alpha value is -1.68. The van der Waals surface area contributed by atoms with Crippen LogP contribution in [0, 0.1) is 12.3 Å². The maximum Gasteiger partial charge on any atom is 0.240 e. The fourth-order valence-corrected chi connectivity index (χ4v) is 6.56. The van der Waals surface area contributed by atoms with E-state index in [0.717, 1.165) is 4.47 Å². The summed E-state index contributed by atoms with van der Waals surface area (Å²) >= 11 is 3.59. The molecule has 0 aromatic heterocycles. The first kappa shape index (κ1) is 20.1. The summed E-state index contributed by atoms with van der Waals surface area (Å²) in [5, 5.41) is 2.63. The highest BCUT2D eigenvalue weighted by molar-refractivity contribution is 9.10. The van der Waals surface area contributed by atoms with Gasteiger partial charge in [-0.25, -0.2) is 0 Å². The minimum absolute atomic E-state index is 0.00655. The van der Waals surface area contributed by atoms with Gasteiger partial charge in [0, 0.05) is 4.47 Å². The fraction of sp³-hybridized carbons (Fsp3) is 0.250. The molecule has 27 heavy (non-hydrogen) atoms. The van der Waals surface area contributed by atoms with Gasteiger partial charge in [-0.1, -0.05) is 103 Å². The van der Waals surface area contributed by atoms with Gasteiger partial charge in [-0.05, 0) is 46.0 Å². The lowest BCUT2D eigenvalue weighted by atomic mass is 9.83. The maximum absolute atomic E-state index is 7.02. The molecule has 0 heterocycles. The van der Waals surface area contributed by atoms with Crippen LogP contribution in [0.4, 0.5) is 0 Å². The Bertz CT molecular complexity index is 832. The highest BCUT2D eigenvalue weighted by Crippen LogP contribution is 2.38. The SMILES string of the molecule is Cc1cc(Br)ccc1C(O[SiH](c1ccccc1)c1ccccc1)C(C)(C)C. The molecule has 0 amide bonds. The molecule has 1 nitrogen and oxygen atoms in total. The Morgan fingerprint density at radius 1 is 0.815 bits per heavy atom. The van der Waals surface area contributed by atoms with Crippen LogP contribution in [0.1, 0.15) is 38.0 Å². The van der Waals surface area contributed by atoms with Crippen molar-refractivity contribution in [2.24, 2.45) is 5.41 Å². The number of hydrogen-bond donors (Lipinski definition) is 0. The molecule has 0 N–H and O–H groups in total. The number of benzene rings is 3. The number of hydrogen-bond acceptors (Lipinski definition) is 1. The second-order valence-electron chi connectivity index (χ2n) is 8.08. The Morgan fingerprint density at radius 3 is 1.78 bits per heavy atom. The van der Waals surface area contributed by atoms with Crippen LogP contribution >= 0.6 is 15.9 Å². The summed E-state index contributed by atoms with van der Waals surface area (Å²) in [6.45, 7) is 8.96. The predicted molar refractivity (Wildman–Crippen MR) is 121 cm³/mol. The van der Waals surface area contributed by atoms with Gasteiger partial charge in [-0.3, -0.25) is 0 Å². The quantitative estimate of drug-likeness (QED) is 0.484. The van der Waals surface area contributed by atoms with Crippen molar-refractivity contribution < 1.29 is 4.43 Å². The van der Waals surface area contributed by atoms with Gasteiger partial charge >= 0.3 is 0 Å². The molecule has 1 atom stereocenters.